The van der Waals surface area contributed by atoms with Gasteiger partial charge in [0.1, 0.15) is 11.4 Å². The van der Waals surface area contributed by atoms with Gasteiger partial charge >= 0.3 is 0 Å². The molecule has 0 saturated heterocycles. The van der Waals surface area contributed by atoms with Gasteiger partial charge in [-0.15, -0.1) is 0 Å². The third-order valence-electron chi connectivity index (χ3n) is 4.07. The number of rotatable bonds is 6. The summed E-state index contributed by atoms with van der Waals surface area (Å²) in [5, 5.41) is 6.03. The highest BCUT2D eigenvalue weighted by molar-refractivity contribution is 6.03. The van der Waals surface area contributed by atoms with Crippen molar-refractivity contribution in [2.75, 3.05) is 17.7 Å². The number of aromatic nitrogens is 2. The minimum absolute atomic E-state index is 0.275. The number of hydrogen-bond donors (Lipinski definition) is 2. The molecule has 1 amide bonds. The molecule has 1 heterocycles. The van der Waals surface area contributed by atoms with Crippen LogP contribution < -0.4 is 15.4 Å². The predicted octanol–water partition coefficient (Wildman–Crippen LogP) is 4.60. The monoisotopic (exact) mass is 362 g/mol. The third-order valence-corrected chi connectivity index (χ3v) is 4.07. The van der Waals surface area contributed by atoms with E-state index in [1.54, 1.807) is 19.4 Å². The van der Waals surface area contributed by atoms with Crippen LogP contribution in [0.1, 0.15) is 35.8 Å². The number of para-hydroxylation sites is 1. The fourth-order valence-electron chi connectivity index (χ4n) is 2.65. The Morgan fingerprint density at radius 2 is 1.78 bits per heavy atom. The number of carbonyl (C=O) groups is 1. The van der Waals surface area contributed by atoms with Gasteiger partial charge in [-0.05, 0) is 47.9 Å². The predicted molar refractivity (Wildman–Crippen MR) is 107 cm³/mol. The molecule has 0 fully saturated rings. The zero-order valence-electron chi connectivity index (χ0n) is 15.6. The zero-order chi connectivity index (χ0) is 19.2. The molecule has 0 spiro atoms. The zero-order valence-corrected chi connectivity index (χ0v) is 15.6. The Hall–Kier alpha value is -3.41. The molecule has 0 aliphatic carbocycles. The van der Waals surface area contributed by atoms with Crippen LogP contribution in [0.5, 0.6) is 5.75 Å². The van der Waals surface area contributed by atoms with Gasteiger partial charge in [-0.2, -0.15) is 0 Å². The minimum atomic E-state index is -0.275. The Kier molecular flexibility index (Phi) is 5.66. The van der Waals surface area contributed by atoms with Gasteiger partial charge in [0.2, 0.25) is 5.95 Å². The van der Waals surface area contributed by atoms with Crippen LogP contribution in [0, 0.1) is 0 Å². The molecule has 3 aromatic rings. The number of ether oxygens (including phenoxy) is 1. The number of methoxy groups -OCH3 is 1. The number of nitrogens with zero attached hydrogens (tertiary/aromatic N) is 2. The Balaban J connectivity index is 1.75. The average Bonchev–Trinajstić information content (AvgIpc) is 2.69. The summed E-state index contributed by atoms with van der Waals surface area (Å²) in [4.78, 5) is 21.1. The van der Waals surface area contributed by atoms with Crippen molar-refractivity contribution in [2.45, 2.75) is 19.8 Å². The largest absolute Gasteiger partial charge is 0.497 e. The molecule has 0 bridgehead atoms. The molecule has 6 nitrogen and oxygen atoms in total. The van der Waals surface area contributed by atoms with Gasteiger partial charge in [0.25, 0.3) is 5.91 Å². The lowest BCUT2D eigenvalue weighted by molar-refractivity contribution is 0.102. The summed E-state index contributed by atoms with van der Waals surface area (Å²) in [7, 11) is 1.62. The fourth-order valence-corrected chi connectivity index (χ4v) is 2.65. The Morgan fingerprint density at radius 3 is 2.48 bits per heavy atom. The summed E-state index contributed by atoms with van der Waals surface area (Å²) in [5.74, 6) is 1.14. The van der Waals surface area contributed by atoms with E-state index in [9.17, 15) is 4.79 Å². The van der Waals surface area contributed by atoms with E-state index in [2.05, 4.69) is 34.4 Å². The molecule has 138 valence electrons. The molecule has 2 N–H and O–H groups in total. The van der Waals surface area contributed by atoms with E-state index in [4.69, 9.17) is 4.74 Å². The third kappa shape index (κ3) is 4.61. The molecule has 6 heteroatoms. The fraction of sp³-hybridized carbons (Fsp3) is 0.190. The molecule has 3 rings (SSSR count). The van der Waals surface area contributed by atoms with Crippen molar-refractivity contribution in [2.24, 2.45) is 0 Å². The number of amides is 1. The van der Waals surface area contributed by atoms with Gasteiger partial charge in [-0.1, -0.05) is 32.0 Å². The second kappa shape index (κ2) is 8.31. The molecule has 1 aromatic heterocycles. The highest BCUT2D eigenvalue weighted by Gasteiger charge is 2.13. The first kappa shape index (κ1) is 18.4. The molecule has 2 aromatic carbocycles. The van der Waals surface area contributed by atoms with Crippen LogP contribution >= 0.6 is 0 Å². The maximum Gasteiger partial charge on any atom is 0.274 e. The first-order chi connectivity index (χ1) is 13.1. The highest BCUT2D eigenvalue weighted by Crippen LogP contribution is 2.24. The molecule has 0 unspecified atom stereocenters. The lowest BCUT2D eigenvalue weighted by atomic mass is 10.0. The van der Waals surface area contributed by atoms with Crippen molar-refractivity contribution in [3.63, 3.8) is 0 Å². The Morgan fingerprint density at radius 1 is 1.04 bits per heavy atom. The summed E-state index contributed by atoms with van der Waals surface area (Å²) in [6, 6.07) is 16.7. The van der Waals surface area contributed by atoms with Gasteiger partial charge in [0.15, 0.2) is 0 Å². The van der Waals surface area contributed by atoms with Crippen LogP contribution in [0.25, 0.3) is 0 Å². The van der Waals surface area contributed by atoms with Crippen LogP contribution in [0.15, 0.2) is 60.8 Å². The van der Waals surface area contributed by atoms with E-state index >= 15 is 0 Å². The molecule has 0 saturated carbocycles. The lowest BCUT2D eigenvalue weighted by Gasteiger charge is -2.13. The van der Waals surface area contributed by atoms with Crippen molar-refractivity contribution in [3.05, 3.63) is 72.1 Å². The molecule has 27 heavy (non-hydrogen) atoms. The van der Waals surface area contributed by atoms with Gasteiger partial charge in [-0.25, -0.2) is 9.97 Å². The van der Waals surface area contributed by atoms with Crippen molar-refractivity contribution < 1.29 is 9.53 Å². The topological polar surface area (TPSA) is 76.1 Å². The van der Waals surface area contributed by atoms with E-state index in [1.807, 2.05) is 48.5 Å². The van der Waals surface area contributed by atoms with Crippen LogP contribution in [0.3, 0.4) is 0 Å². The summed E-state index contributed by atoms with van der Waals surface area (Å²) in [6.45, 7) is 4.18. The van der Waals surface area contributed by atoms with Gasteiger partial charge in [0.05, 0.1) is 7.11 Å². The van der Waals surface area contributed by atoms with E-state index in [0.29, 0.717) is 17.6 Å². The quantitative estimate of drug-likeness (QED) is 0.670. The van der Waals surface area contributed by atoms with Crippen molar-refractivity contribution in [3.8, 4) is 5.75 Å². The second-order valence-corrected chi connectivity index (χ2v) is 6.32. The van der Waals surface area contributed by atoms with Crippen molar-refractivity contribution in [1.82, 2.24) is 9.97 Å². The van der Waals surface area contributed by atoms with E-state index in [-0.39, 0.29) is 5.91 Å². The van der Waals surface area contributed by atoms with Crippen molar-refractivity contribution in [1.29, 1.82) is 0 Å². The molecular weight excluding hydrogens is 340 g/mol. The number of hydrogen-bond acceptors (Lipinski definition) is 5. The average molecular weight is 362 g/mol. The lowest BCUT2D eigenvalue weighted by Crippen LogP contribution is -2.16. The maximum atomic E-state index is 12.6. The van der Waals surface area contributed by atoms with Crippen LogP contribution in [-0.4, -0.2) is 23.0 Å². The molecular formula is C21H22N4O2. The number of carbonyl (C=O) groups excluding carboxylic acids is 1. The number of benzene rings is 2. The Labute approximate surface area is 158 Å². The van der Waals surface area contributed by atoms with E-state index in [1.165, 1.54) is 0 Å². The molecule has 0 radical (unpaired) electrons. The van der Waals surface area contributed by atoms with E-state index < -0.39 is 0 Å². The second-order valence-electron chi connectivity index (χ2n) is 6.32. The smallest absolute Gasteiger partial charge is 0.274 e. The maximum absolute atomic E-state index is 12.6. The highest BCUT2D eigenvalue weighted by atomic mass is 16.5. The first-order valence-electron chi connectivity index (χ1n) is 8.71. The number of anilines is 3. The normalized spacial score (nSPS) is 10.5. The van der Waals surface area contributed by atoms with Crippen LogP contribution in [0.4, 0.5) is 17.3 Å². The van der Waals surface area contributed by atoms with E-state index in [0.717, 1.165) is 22.7 Å². The van der Waals surface area contributed by atoms with Crippen molar-refractivity contribution >= 4 is 23.2 Å². The summed E-state index contributed by atoms with van der Waals surface area (Å²) in [5.41, 5.74) is 2.97. The number of nitrogens with one attached hydrogen (secondary N) is 2. The molecule has 0 atom stereocenters. The summed E-state index contributed by atoms with van der Waals surface area (Å²) >= 11 is 0. The van der Waals surface area contributed by atoms with Gasteiger partial charge < -0.3 is 15.4 Å². The van der Waals surface area contributed by atoms with Crippen LogP contribution in [-0.2, 0) is 0 Å². The standard InChI is InChI=1S/C21H22N4O2/c1-14(2)17-6-4-5-7-18(17)24-20(26)19-12-13-22-21(25-19)23-15-8-10-16(27-3)11-9-15/h4-14H,1-3H3,(H,24,26)(H,22,23,25). The summed E-state index contributed by atoms with van der Waals surface area (Å²) < 4.78 is 5.14. The SMILES string of the molecule is COc1ccc(Nc2nccc(C(=O)Nc3ccccc3C(C)C)n2)cc1. The van der Waals surface area contributed by atoms with Gasteiger partial charge in [-0.3, -0.25) is 4.79 Å². The van der Waals surface area contributed by atoms with Gasteiger partial charge in [0, 0.05) is 17.6 Å². The first-order valence-corrected chi connectivity index (χ1v) is 8.71. The minimum Gasteiger partial charge on any atom is -0.497 e. The van der Waals surface area contributed by atoms with Crippen LogP contribution in [0.2, 0.25) is 0 Å². The summed E-state index contributed by atoms with van der Waals surface area (Å²) in [6.07, 6.45) is 1.56. The Bertz CT molecular complexity index is 923. The molecule has 0 aliphatic rings. The molecule has 0 aliphatic heterocycles.